The normalized spacial score (nSPS) is 15.2. The molecule has 3 heterocycles. The second-order valence-electron chi connectivity index (χ2n) is 5.98. The molecule has 0 aromatic carbocycles. The van der Waals surface area contributed by atoms with E-state index in [-0.39, 0.29) is 0 Å². The molecule has 1 fully saturated rings. The SMILES string of the molecule is Cc1cnc(N2CCN(c3nnc(Cl)c(C)c3C)CC2)nc1C. The number of aryl methyl sites for hydroxylation is 2. The lowest BCUT2D eigenvalue weighted by Gasteiger charge is -2.36. The Bertz CT molecular complexity index is 725. The topological polar surface area (TPSA) is 58.0 Å². The van der Waals surface area contributed by atoms with Gasteiger partial charge in [0, 0.05) is 38.1 Å². The van der Waals surface area contributed by atoms with Crippen LogP contribution in [0.25, 0.3) is 0 Å². The summed E-state index contributed by atoms with van der Waals surface area (Å²) in [6.07, 6.45) is 1.89. The van der Waals surface area contributed by atoms with E-state index in [2.05, 4.69) is 30.0 Å². The van der Waals surface area contributed by atoms with E-state index in [9.17, 15) is 0 Å². The van der Waals surface area contributed by atoms with Crippen molar-refractivity contribution in [3.8, 4) is 0 Å². The molecule has 2 aromatic rings. The molecule has 1 aliphatic heterocycles. The van der Waals surface area contributed by atoms with Crippen molar-refractivity contribution in [3.05, 3.63) is 33.7 Å². The quantitative estimate of drug-likeness (QED) is 0.842. The number of hydrogen-bond donors (Lipinski definition) is 0. The Morgan fingerprint density at radius 3 is 2.22 bits per heavy atom. The zero-order valence-corrected chi connectivity index (χ0v) is 14.7. The minimum absolute atomic E-state index is 0.480. The molecule has 6 nitrogen and oxygen atoms in total. The molecular formula is C16H21ClN6. The van der Waals surface area contributed by atoms with Gasteiger partial charge in [-0.2, -0.15) is 0 Å². The van der Waals surface area contributed by atoms with Gasteiger partial charge in [0.1, 0.15) is 0 Å². The molecule has 0 saturated carbocycles. The second-order valence-corrected chi connectivity index (χ2v) is 6.33. The monoisotopic (exact) mass is 332 g/mol. The first-order valence-electron chi connectivity index (χ1n) is 7.77. The third kappa shape index (κ3) is 3.08. The minimum Gasteiger partial charge on any atom is -0.351 e. The summed E-state index contributed by atoms with van der Waals surface area (Å²) < 4.78 is 0. The van der Waals surface area contributed by atoms with Crippen LogP contribution < -0.4 is 9.80 Å². The van der Waals surface area contributed by atoms with Crippen LogP contribution in [0.1, 0.15) is 22.4 Å². The third-order valence-corrected chi connectivity index (χ3v) is 4.87. The molecule has 0 bridgehead atoms. The molecule has 7 heteroatoms. The first-order valence-corrected chi connectivity index (χ1v) is 8.14. The van der Waals surface area contributed by atoms with Gasteiger partial charge in [-0.25, -0.2) is 9.97 Å². The number of anilines is 2. The van der Waals surface area contributed by atoms with E-state index >= 15 is 0 Å². The first-order chi connectivity index (χ1) is 11.0. The minimum atomic E-state index is 0.480. The van der Waals surface area contributed by atoms with Crippen molar-refractivity contribution in [1.29, 1.82) is 0 Å². The highest BCUT2D eigenvalue weighted by Crippen LogP contribution is 2.25. The van der Waals surface area contributed by atoms with E-state index in [4.69, 9.17) is 11.6 Å². The van der Waals surface area contributed by atoms with Crippen LogP contribution in [0.5, 0.6) is 0 Å². The maximum atomic E-state index is 6.04. The molecule has 122 valence electrons. The number of nitrogens with zero attached hydrogens (tertiary/aromatic N) is 6. The number of aromatic nitrogens is 4. The predicted molar refractivity (Wildman–Crippen MR) is 92.4 cm³/mol. The van der Waals surface area contributed by atoms with Crippen molar-refractivity contribution in [3.63, 3.8) is 0 Å². The van der Waals surface area contributed by atoms with Crippen LogP contribution in [0.4, 0.5) is 11.8 Å². The average molecular weight is 333 g/mol. The van der Waals surface area contributed by atoms with Gasteiger partial charge >= 0.3 is 0 Å². The highest BCUT2D eigenvalue weighted by molar-refractivity contribution is 6.30. The van der Waals surface area contributed by atoms with E-state index < -0.39 is 0 Å². The van der Waals surface area contributed by atoms with Crippen LogP contribution in [0.2, 0.25) is 5.15 Å². The highest BCUT2D eigenvalue weighted by Gasteiger charge is 2.22. The van der Waals surface area contributed by atoms with E-state index in [0.29, 0.717) is 5.15 Å². The van der Waals surface area contributed by atoms with Gasteiger partial charge < -0.3 is 9.80 Å². The molecule has 0 unspecified atom stereocenters. The molecule has 0 radical (unpaired) electrons. The molecule has 0 aliphatic carbocycles. The van der Waals surface area contributed by atoms with Crippen LogP contribution in [-0.4, -0.2) is 46.3 Å². The standard InChI is InChI=1S/C16H21ClN6/c1-10-9-18-16(19-13(10)4)23-7-5-22(6-8-23)15-12(3)11(2)14(17)20-21-15/h9H,5-8H2,1-4H3. The number of rotatable bonds is 2. The Balaban J connectivity index is 1.73. The van der Waals surface area contributed by atoms with Crippen molar-refractivity contribution in [1.82, 2.24) is 20.2 Å². The van der Waals surface area contributed by atoms with E-state index in [1.54, 1.807) is 0 Å². The molecule has 1 saturated heterocycles. The first kappa shape index (κ1) is 15.9. The lowest BCUT2D eigenvalue weighted by atomic mass is 10.2. The molecule has 2 aromatic heterocycles. The van der Waals surface area contributed by atoms with Gasteiger partial charge in [-0.3, -0.25) is 0 Å². The van der Waals surface area contributed by atoms with Crippen molar-refractivity contribution in [2.75, 3.05) is 36.0 Å². The smallest absolute Gasteiger partial charge is 0.225 e. The van der Waals surface area contributed by atoms with Gasteiger partial charge in [0.05, 0.1) is 0 Å². The van der Waals surface area contributed by atoms with Gasteiger partial charge in [-0.15, -0.1) is 10.2 Å². The molecule has 23 heavy (non-hydrogen) atoms. The molecule has 0 spiro atoms. The van der Waals surface area contributed by atoms with Crippen LogP contribution in [0.3, 0.4) is 0 Å². The van der Waals surface area contributed by atoms with E-state index in [1.165, 1.54) is 0 Å². The van der Waals surface area contributed by atoms with Gasteiger partial charge in [0.15, 0.2) is 11.0 Å². The van der Waals surface area contributed by atoms with Crippen molar-refractivity contribution >= 4 is 23.4 Å². The van der Waals surface area contributed by atoms with Gasteiger partial charge in [0.25, 0.3) is 0 Å². The molecule has 3 rings (SSSR count). The highest BCUT2D eigenvalue weighted by atomic mass is 35.5. The number of halogens is 1. The maximum absolute atomic E-state index is 6.04. The van der Waals surface area contributed by atoms with Gasteiger partial charge in [-0.1, -0.05) is 11.6 Å². The number of piperazine rings is 1. The fourth-order valence-electron chi connectivity index (χ4n) is 2.65. The van der Waals surface area contributed by atoms with Gasteiger partial charge in [-0.05, 0) is 44.4 Å². The predicted octanol–water partition coefficient (Wildman–Crippen LogP) is 2.48. The van der Waals surface area contributed by atoms with Crippen LogP contribution in [-0.2, 0) is 0 Å². The fraction of sp³-hybridized carbons (Fsp3) is 0.500. The van der Waals surface area contributed by atoms with Gasteiger partial charge in [0.2, 0.25) is 5.95 Å². The summed E-state index contributed by atoms with van der Waals surface area (Å²) in [7, 11) is 0. The average Bonchev–Trinajstić information content (AvgIpc) is 2.56. The summed E-state index contributed by atoms with van der Waals surface area (Å²) in [5.41, 5.74) is 4.25. The fourth-order valence-corrected chi connectivity index (χ4v) is 2.83. The summed E-state index contributed by atoms with van der Waals surface area (Å²) in [6.45, 7) is 11.5. The lowest BCUT2D eigenvalue weighted by Crippen LogP contribution is -2.47. The van der Waals surface area contributed by atoms with Crippen LogP contribution in [0.15, 0.2) is 6.20 Å². The Labute approximate surface area is 141 Å². The summed E-state index contributed by atoms with van der Waals surface area (Å²) in [5, 5.41) is 8.81. The van der Waals surface area contributed by atoms with Crippen molar-refractivity contribution in [2.24, 2.45) is 0 Å². The molecular weight excluding hydrogens is 312 g/mol. The van der Waals surface area contributed by atoms with Crippen molar-refractivity contribution in [2.45, 2.75) is 27.7 Å². The zero-order valence-electron chi connectivity index (χ0n) is 14.0. The van der Waals surface area contributed by atoms with E-state index in [1.807, 2.05) is 33.9 Å². The molecule has 1 aliphatic rings. The third-order valence-electron chi connectivity index (χ3n) is 4.51. The van der Waals surface area contributed by atoms with Crippen molar-refractivity contribution < 1.29 is 0 Å². The molecule has 0 amide bonds. The van der Waals surface area contributed by atoms with E-state index in [0.717, 1.165) is 60.3 Å². The second kappa shape index (κ2) is 6.28. The molecule has 0 N–H and O–H groups in total. The Kier molecular flexibility index (Phi) is 4.35. The Hall–Kier alpha value is -1.95. The Morgan fingerprint density at radius 1 is 0.913 bits per heavy atom. The maximum Gasteiger partial charge on any atom is 0.225 e. The number of hydrogen-bond acceptors (Lipinski definition) is 6. The summed E-state index contributed by atoms with van der Waals surface area (Å²) >= 11 is 6.04. The summed E-state index contributed by atoms with van der Waals surface area (Å²) in [4.78, 5) is 13.5. The lowest BCUT2D eigenvalue weighted by molar-refractivity contribution is 0.628. The van der Waals surface area contributed by atoms with Crippen LogP contribution in [0, 0.1) is 27.7 Å². The van der Waals surface area contributed by atoms with Crippen LogP contribution >= 0.6 is 11.6 Å². The zero-order chi connectivity index (χ0) is 16.6. The molecule has 0 atom stereocenters. The Morgan fingerprint density at radius 2 is 1.57 bits per heavy atom. The summed E-state index contributed by atoms with van der Waals surface area (Å²) in [5.74, 6) is 1.73. The largest absolute Gasteiger partial charge is 0.351 e. The summed E-state index contributed by atoms with van der Waals surface area (Å²) in [6, 6.07) is 0.